The number of allylic oxidation sites excluding steroid dienone is 1. The molecule has 0 radical (unpaired) electrons. The molecule has 1 heterocycles. The van der Waals surface area contributed by atoms with Crippen molar-refractivity contribution in [3.8, 4) is 0 Å². The average molecular weight is 335 g/mol. The first-order valence-electron chi connectivity index (χ1n) is 6.92. The maximum Gasteiger partial charge on any atom is 0.343 e. The predicted octanol–water partition coefficient (Wildman–Crippen LogP) is 2.40. The van der Waals surface area contributed by atoms with Gasteiger partial charge in [0, 0.05) is 11.1 Å². The molecule has 7 heteroatoms. The minimum Gasteiger partial charge on any atom is -0.512 e. The first-order chi connectivity index (χ1) is 11.0. The lowest BCUT2D eigenvalue weighted by molar-refractivity contribution is -0.138. The summed E-state index contributed by atoms with van der Waals surface area (Å²) in [6, 6.07) is 6.97. The largest absolute Gasteiger partial charge is 0.512 e. The monoisotopic (exact) mass is 334 g/mol. The van der Waals surface area contributed by atoms with Gasteiger partial charge < -0.3 is 9.84 Å². The first kappa shape index (κ1) is 16.9. The van der Waals surface area contributed by atoms with Crippen LogP contribution in [0.1, 0.15) is 25.0 Å². The van der Waals surface area contributed by atoms with Crippen LogP contribution < -0.4 is 0 Å². The Kier molecular flexibility index (Phi) is 5.28. The molecular formula is C16H15ClN2O4. The lowest BCUT2D eigenvalue weighted by Gasteiger charge is -2.08. The van der Waals surface area contributed by atoms with Crippen molar-refractivity contribution in [3.63, 3.8) is 0 Å². The fourth-order valence-electron chi connectivity index (χ4n) is 2.15. The van der Waals surface area contributed by atoms with Crippen molar-refractivity contribution in [1.82, 2.24) is 0 Å². The molecule has 0 unspecified atom stereocenters. The number of nitrogens with zero attached hydrogens (tertiary/aromatic N) is 2. The van der Waals surface area contributed by atoms with E-state index in [1.54, 1.807) is 31.2 Å². The second kappa shape index (κ2) is 7.19. The summed E-state index contributed by atoms with van der Waals surface area (Å²) in [6.07, 6.45) is 0. The number of hydrogen-bond acceptors (Lipinski definition) is 4. The van der Waals surface area contributed by atoms with Crippen molar-refractivity contribution in [2.24, 2.45) is 9.98 Å². The zero-order chi connectivity index (χ0) is 17.0. The number of alkyl halides is 1. The molecule has 0 spiro atoms. The van der Waals surface area contributed by atoms with Crippen molar-refractivity contribution in [2.45, 2.75) is 13.8 Å². The van der Waals surface area contributed by atoms with Gasteiger partial charge in [0.25, 0.3) is 5.91 Å². The van der Waals surface area contributed by atoms with Gasteiger partial charge in [0.1, 0.15) is 17.2 Å². The molecule has 120 valence electrons. The summed E-state index contributed by atoms with van der Waals surface area (Å²) in [5.41, 5.74) is 1.34. The molecule has 0 aliphatic carbocycles. The van der Waals surface area contributed by atoms with Crippen molar-refractivity contribution < 1.29 is 19.4 Å². The highest BCUT2D eigenvalue weighted by Crippen LogP contribution is 2.25. The highest BCUT2D eigenvalue weighted by atomic mass is 35.5. The molecule has 0 atom stereocenters. The van der Waals surface area contributed by atoms with E-state index in [1.807, 2.05) is 0 Å². The molecule has 0 saturated carbocycles. The molecule has 1 aromatic carbocycles. The number of rotatable bonds is 4. The lowest BCUT2D eigenvalue weighted by Crippen LogP contribution is -2.18. The van der Waals surface area contributed by atoms with E-state index >= 15 is 0 Å². The number of fused-ring (bicyclic) bond motifs is 1. The molecule has 1 aliphatic heterocycles. The number of benzene rings is 1. The Morgan fingerprint density at radius 3 is 2.52 bits per heavy atom. The van der Waals surface area contributed by atoms with Gasteiger partial charge in [-0.25, -0.2) is 9.79 Å². The third-order valence-electron chi connectivity index (χ3n) is 3.06. The third kappa shape index (κ3) is 3.48. The Labute approximate surface area is 138 Å². The van der Waals surface area contributed by atoms with Gasteiger partial charge in [-0.1, -0.05) is 24.3 Å². The summed E-state index contributed by atoms with van der Waals surface area (Å²) >= 11 is 5.47. The Bertz CT molecular complexity index is 746. The van der Waals surface area contributed by atoms with Crippen molar-refractivity contribution in [2.75, 3.05) is 12.5 Å². The minimum atomic E-state index is -0.689. The Morgan fingerprint density at radius 1 is 1.30 bits per heavy atom. The standard InChI is InChI=1S/C16H15ClN2O4/c1-3-23-16(22)13(9(2)20)14-10-6-4-5-7-11(10)15(19-14)18-12(21)8-17/h4-7,20H,3,8H2,1-2H3. The number of carbonyl (C=O) groups excluding carboxylic acids is 2. The number of aliphatic hydroxyl groups excluding tert-OH is 1. The van der Waals surface area contributed by atoms with Crippen molar-refractivity contribution >= 4 is 35.0 Å². The average Bonchev–Trinajstić information content (AvgIpc) is 2.86. The number of ether oxygens (including phenoxy) is 1. The van der Waals surface area contributed by atoms with Gasteiger partial charge in [-0.15, -0.1) is 11.6 Å². The molecule has 2 rings (SSSR count). The van der Waals surface area contributed by atoms with Gasteiger partial charge in [0.05, 0.1) is 12.3 Å². The number of amides is 1. The van der Waals surface area contributed by atoms with Crippen LogP contribution in [0.2, 0.25) is 0 Å². The highest BCUT2D eigenvalue weighted by Gasteiger charge is 2.30. The van der Waals surface area contributed by atoms with Crippen LogP contribution in [-0.2, 0) is 14.3 Å². The SMILES string of the molecule is CCOC(=O)C(C1=NC(=NC(=O)CCl)c2ccccc21)=C(C)O. The Hall–Kier alpha value is -2.47. The fourth-order valence-corrected chi connectivity index (χ4v) is 2.21. The molecule has 6 nitrogen and oxygen atoms in total. The predicted molar refractivity (Wildman–Crippen MR) is 87.2 cm³/mol. The van der Waals surface area contributed by atoms with E-state index in [1.165, 1.54) is 6.92 Å². The first-order valence-corrected chi connectivity index (χ1v) is 7.46. The van der Waals surface area contributed by atoms with E-state index in [9.17, 15) is 14.7 Å². The number of hydrogen-bond donors (Lipinski definition) is 1. The maximum absolute atomic E-state index is 12.1. The summed E-state index contributed by atoms with van der Waals surface area (Å²) < 4.78 is 4.96. The number of aliphatic imine (C=N–C) groups is 2. The van der Waals surface area contributed by atoms with Crippen molar-refractivity contribution in [1.29, 1.82) is 0 Å². The van der Waals surface area contributed by atoms with E-state index in [0.717, 1.165) is 0 Å². The summed E-state index contributed by atoms with van der Waals surface area (Å²) in [5, 5.41) is 9.88. The Balaban J connectivity index is 2.60. The molecule has 0 bridgehead atoms. The molecule has 1 N–H and O–H groups in total. The summed E-state index contributed by atoms with van der Waals surface area (Å²) in [7, 11) is 0. The third-order valence-corrected chi connectivity index (χ3v) is 3.29. The summed E-state index contributed by atoms with van der Waals surface area (Å²) in [5.74, 6) is -1.56. The van der Waals surface area contributed by atoms with Crippen LogP contribution in [0.25, 0.3) is 0 Å². The Morgan fingerprint density at radius 2 is 1.96 bits per heavy atom. The van der Waals surface area contributed by atoms with E-state index in [4.69, 9.17) is 16.3 Å². The van der Waals surface area contributed by atoms with E-state index in [2.05, 4.69) is 9.98 Å². The molecule has 23 heavy (non-hydrogen) atoms. The molecule has 0 aromatic heterocycles. The molecule has 0 fully saturated rings. The van der Waals surface area contributed by atoms with E-state index in [0.29, 0.717) is 11.1 Å². The second-order valence-electron chi connectivity index (χ2n) is 4.65. The van der Waals surface area contributed by atoms with Crippen LogP contribution >= 0.6 is 11.6 Å². The van der Waals surface area contributed by atoms with Gasteiger partial charge in [0.15, 0.2) is 5.84 Å². The minimum absolute atomic E-state index is 0.0529. The number of halogens is 1. The highest BCUT2D eigenvalue weighted by molar-refractivity contribution is 6.37. The molecule has 1 aromatic rings. The van der Waals surface area contributed by atoms with Gasteiger partial charge in [0.2, 0.25) is 0 Å². The molecular weight excluding hydrogens is 320 g/mol. The van der Waals surface area contributed by atoms with Crippen LogP contribution in [0.15, 0.2) is 45.6 Å². The number of aliphatic hydroxyl groups is 1. The molecule has 0 saturated heterocycles. The van der Waals surface area contributed by atoms with Crippen LogP contribution in [0.4, 0.5) is 0 Å². The van der Waals surface area contributed by atoms with Crippen LogP contribution in [0.5, 0.6) is 0 Å². The number of amidine groups is 1. The zero-order valence-corrected chi connectivity index (χ0v) is 13.4. The summed E-state index contributed by atoms with van der Waals surface area (Å²) in [6.45, 7) is 3.20. The van der Waals surface area contributed by atoms with Crippen LogP contribution in [0.3, 0.4) is 0 Å². The summed E-state index contributed by atoms with van der Waals surface area (Å²) in [4.78, 5) is 31.7. The topological polar surface area (TPSA) is 88.3 Å². The lowest BCUT2D eigenvalue weighted by atomic mass is 9.99. The van der Waals surface area contributed by atoms with Gasteiger partial charge >= 0.3 is 5.97 Å². The van der Waals surface area contributed by atoms with Gasteiger partial charge in [-0.05, 0) is 13.8 Å². The second-order valence-corrected chi connectivity index (χ2v) is 4.92. The number of esters is 1. The van der Waals surface area contributed by atoms with E-state index < -0.39 is 11.9 Å². The smallest absolute Gasteiger partial charge is 0.343 e. The van der Waals surface area contributed by atoms with Gasteiger partial charge in [-0.3, -0.25) is 4.79 Å². The van der Waals surface area contributed by atoms with E-state index in [-0.39, 0.29) is 35.4 Å². The maximum atomic E-state index is 12.1. The van der Waals surface area contributed by atoms with Crippen LogP contribution in [0, 0.1) is 0 Å². The fraction of sp³-hybridized carbons (Fsp3) is 0.250. The van der Waals surface area contributed by atoms with Crippen molar-refractivity contribution in [3.05, 3.63) is 46.7 Å². The van der Waals surface area contributed by atoms with Gasteiger partial charge in [-0.2, -0.15) is 4.99 Å². The quantitative estimate of drug-likeness (QED) is 0.396. The zero-order valence-electron chi connectivity index (χ0n) is 12.7. The normalized spacial score (nSPS) is 15.8. The van der Waals surface area contributed by atoms with Crippen LogP contribution in [-0.4, -0.2) is 41.0 Å². The molecule has 1 amide bonds. The number of carbonyl (C=O) groups is 2. The molecule has 1 aliphatic rings.